The molecule has 1 aromatic heterocycles. The molecule has 0 amide bonds. The molecule has 2 heterocycles. The van der Waals surface area contributed by atoms with E-state index in [9.17, 15) is 0 Å². The Morgan fingerprint density at radius 1 is 1.42 bits per heavy atom. The number of hydrogen-bond acceptors (Lipinski definition) is 3. The molecule has 0 unspecified atom stereocenters. The van der Waals surface area contributed by atoms with Crippen molar-refractivity contribution in [3.05, 3.63) is 34.1 Å². The minimum absolute atomic E-state index is 0.613. The third kappa shape index (κ3) is 2.58. The van der Waals surface area contributed by atoms with Crippen LogP contribution >= 0.6 is 15.9 Å². The largest absolute Gasteiger partial charge is 0.316 e. The number of nitrogens with one attached hydrogen (secondary N) is 1. The molecular weight excluding hydrogens is 302 g/mol. The second kappa shape index (κ2) is 5.44. The highest BCUT2D eigenvalue weighted by molar-refractivity contribution is 9.10. The molecule has 19 heavy (non-hydrogen) atoms. The van der Waals surface area contributed by atoms with E-state index in [1.807, 2.05) is 12.3 Å². The Hall–Kier alpha value is -1.18. The number of halogens is 1. The van der Waals surface area contributed by atoms with Gasteiger partial charge in [-0.15, -0.1) is 0 Å². The van der Waals surface area contributed by atoms with E-state index in [0.29, 0.717) is 10.2 Å². The summed E-state index contributed by atoms with van der Waals surface area (Å²) in [5, 5.41) is 12.6. The second-order valence-electron chi connectivity index (χ2n) is 5.36. The quantitative estimate of drug-likeness (QED) is 0.810. The maximum absolute atomic E-state index is 9.08. The van der Waals surface area contributed by atoms with Gasteiger partial charge in [0, 0.05) is 6.20 Å². The van der Waals surface area contributed by atoms with Gasteiger partial charge in [0.1, 0.15) is 10.7 Å². The molecule has 1 aliphatic carbocycles. The van der Waals surface area contributed by atoms with E-state index in [-0.39, 0.29) is 0 Å². The molecular formula is C15H16BrN3. The van der Waals surface area contributed by atoms with Crippen molar-refractivity contribution in [3.63, 3.8) is 0 Å². The Morgan fingerprint density at radius 3 is 3.16 bits per heavy atom. The topological polar surface area (TPSA) is 48.7 Å². The van der Waals surface area contributed by atoms with Crippen LogP contribution in [0.1, 0.15) is 30.4 Å². The maximum Gasteiger partial charge on any atom is 0.123 e. The van der Waals surface area contributed by atoms with Crippen molar-refractivity contribution in [2.45, 2.75) is 19.3 Å². The summed E-state index contributed by atoms with van der Waals surface area (Å²) in [6, 6.07) is 4.13. The highest BCUT2D eigenvalue weighted by atomic mass is 79.9. The number of piperidine rings is 1. The fraction of sp³-hybridized carbons (Fsp3) is 0.467. The molecule has 0 radical (unpaired) electrons. The zero-order valence-electron chi connectivity index (χ0n) is 10.7. The number of rotatable bonds is 1. The van der Waals surface area contributed by atoms with Crippen LogP contribution in [0, 0.1) is 23.2 Å². The van der Waals surface area contributed by atoms with E-state index in [0.717, 1.165) is 36.9 Å². The molecule has 3 rings (SSSR count). The van der Waals surface area contributed by atoms with Crippen LogP contribution in [0.4, 0.5) is 0 Å². The van der Waals surface area contributed by atoms with E-state index >= 15 is 0 Å². The van der Waals surface area contributed by atoms with Crippen molar-refractivity contribution in [1.82, 2.24) is 10.3 Å². The summed E-state index contributed by atoms with van der Waals surface area (Å²) < 4.78 is 0.632. The standard InChI is InChI=1S/C15H16BrN3/c16-15-12(7-17)6-14(9-19-15)11-2-1-10-3-4-18-8-13(10)5-11/h2,6,9-10,13,18H,1,3-5,8H2/t10-,13+/m0/s1. The molecule has 4 heteroatoms. The Kier molecular flexibility index (Phi) is 3.67. The number of pyridine rings is 1. The van der Waals surface area contributed by atoms with Crippen molar-refractivity contribution in [2.24, 2.45) is 11.8 Å². The van der Waals surface area contributed by atoms with Crippen molar-refractivity contribution >= 4 is 21.5 Å². The van der Waals surface area contributed by atoms with Crippen molar-refractivity contribution in [3.8, 4) is 6.07 Å². The molecule has 2 atom stereocenters. The lowest BCUT2D eigenvalue weighted by molar-refractivity contribution is 0.252. The van der Waals surface area contributed by atoms with Crippen LogP contribution in [0.25, 0.3) is 5.57 Å². The van der Waals surface area contributed by atoms with Crippen LogP contribution in [-0.2, 0) is 0 Å². The lowest BCUT2D eigenvalue weighted by atomic mass is 9.75. The van der Waals surface area contributed by atoms with Gasteiger partial charge in [-0.3, -0.25) is 0 Å². The summed E-state index contributed by atoms with van der Waals surface area (Å²) in [6.45, 7) is 2.28. The molecule has 0 bridgehead atoms. The Labute approximate surface area is 121 Å². The first-order valence-corrected chi connectivity index (χ1v) is 7.53. The number of allylic oxidation sites excluding steroid dienone is 2. The van der Waals surface area contributed by atoms with Crippen LogP contribution in [0.3, 0.4) is 0 Å². The minimum Gasteiger partial charge on any atom is -0.316 e. The van der Waals surface area contributed by atoms with Gasteiger partial charge in [0.15, 0.2) is 0 Å². The highest BCUT2D eigenvalue weighted by Crippen LogP contribution is 2.37. The SMILES string of the molecule is N#Cc1cc(C2=CC[C@H]3CCNC[C@H]3C2)cnc1Br. The smallest absolute Gasteiger partial charge is 0.123 e. The predicted molar refractivity (Wildman–Crippen MR) is 78.3 cm³/mol. The van der Waals surface area contributed by atoms with E-state index < -0.39 is 0 Å². The first-order chi connectivity index (χ1) is 9.28. The van der Waals surface area contributed by atoms with Crippen LogP contribution in [0.5, 0.6) is 0 Å². The van der Waals surface area contributed by atoms with Crippen LogP contribution in [-0.4, -0.2) is 18.1 Å². The molecule has 1 aliphatic heterocycles. The minimum atomic E-state index is 0.613. The number of aromatic nitrogens is 1. The van der Waals surface area contributed by atoms with Gasteiger partial charge >= 0.3 is 0 Å². The van der Waals surface area contributed by atoms with Crippen LogP contribution < -0.4 is 5.32 Å². The monoisotopic (exact) mass is 317 g/mol. The van der Waals surface area contributed by atoms with Crippen molar-refractivity contribution < 1.29 is 0 Å². The third-order valence-corrected chi connectivity index (χ3v) is 4.88. The molecule has 2 aliphatic rings. The first kappa shape index (κ1) is 12.8. The van der Waals surface area contributed by atoms with Gasteiger partial charge in [0.05, 0.1) is 5.56 Å². The molecule has 1 aromatic rings. The van der Waals surface area contributed by atoms with Gasteiger partial charge in [-0.05, 0) is 77.3 Å². The van der Waals surface area contributed by atoms with E-state index in [4.69, 9.17) is 5.26 Å². The maximum atomic E-state index is 9.08. The zero-order chi connectivity index (χ0) is 13.2. The van der Waals surface area contributed by atoms with Gasteiger partial charge in [-0.1, -0.05) is 6.08 Å². The van der Waals surface area contributed by atoms with Gasteiger partial charge in [-0.2, -0.15) is 5.26 Å². The average molecular weight is 318 g/mol. The van der Waals surface area contributed by atoms with Crippen LogP contribution in [0.2, 0.25) is 0 Å². The molecule has 1 N–H and O–H groups in total. The molecule has 0 saturated carbocycles. The summed E-state index contributed by atoms with van der Waals surface area (Å²) in [4.78, 5) is 4.27. The second-order valence-corrected chi connectivity index (χ2v) is 6.11. The zero-order valence-corrected chi connectivity index (χ0v) is 12.3. The first-order valence-electron chi connectivity index (χ1n) is 6.73. The number of hydrogen-bond donors (Lipinski definition) is 1. The fourth-order valence-corrected chi connectivity index (χ4v) is 3.43. The predicted octanol–water partition coefficient (Wildman–Crippen LogP) is 3.12. The molecule has 98 valence electrons. The van der Waals surface area contributed by atoms with Crippen molar-refractivity contribution in [2.75, 3.05) is 13.1 Å². The molecule has 0 spiro atoms. The van der Waals surface area contributed by atoms with E-state index in [1.165, 1.54) is 18.4 Å². The summed E-state index contributed by atoms with van der Waals surface area (Å²) >= 11 is 3.31. The summed E-state index contributed by atoms with van der Waals surface area (Å²) in [5.74, 6) is 1.58. The fourth-order valence-electron chi connectivity index (χ4n) is 3.12. The summed E-state index contributed by atoms with van der Waals surface area (Å²) in [7, 11) is 0. The Bertz CT molecular complexity index is 559. The Balaban J connectivity index is 1.86. The lowest BCUT2D eigenvalue weighted by Crippen LogP contribution is -2.37. The Morgan fingerprint density at radius 2 is 2.32 bits per heavy atom. The van der Waals surface area contributed by atoms with Gasteiger partial charge < -0.3 is 5.32 Å². The summed E-state index contributed by atoms with van der Waals surface area (Å²) in [5.41, 5.74) is 3.06. The van der Waals surface area contributed by atoms with Gasteiger partial charge in [0.25, 0.3) is 0 Å². The van der Waals surface area contributed by atoms with Gasteiger partial charge in [-0.25, -0.2) is 4.98 Å². The van der Waals surface area contributed by atoms with Gasteiger partial charge in [0.2, 0.25) is 0 Å². The molecule has 0 aromatic carbocycles. The highest BCUT2D eigenvalue weighted by Gasteiger charge is 2.28. The third-order valence-electron chi connectivity index (χ3n) is 4.24. The average Bonchev–Trinajstić information content (AvgIpc) is 2.47. The molecule has 3 nitrogen and oxygen atoms in total. The van der Waals surface area contributed by atoms with E-state index in [1.54, 1.807) is 0 Å². The molecule has 1 fully saturated rings. The number of nitriles is 1. The lowest BCUT2D eigenvalue weighted by Gasteiger charge is -2.35. The number of nitrogens with zero attached hydrogens (tertiary/aromatic N) is 2. The van der Waals surface area contributed by atoms with Crippen molar-refractivity contribution in [1.29, 1.82) is 5.26 Å². The summed E-state index contributed by atoms with van der Waals surface area (Å²) in [6.07, 6.45) is 7.77. The molecule has 1 saturated heterocycles. The van der Waals surface area contributed by atoms with E-state index in [2.05, 4.69) is 38.4 Å². The van der Waals surface area contributed by atoms with Crippen LogP contribution in [0.15, 0.2) is 22.9 Å². The number of fused-ring (bicyclic) bond motifs is 1. The normalized spacial score (nSPS) is 26.2.